The normalized spacial score (nSPS) is 26.8. The number of benzene rings is 1. The Balaban J connectivity index is 1.39. The van der Waals surface area contributed by atoms with Crippen molar-refractivity contribution in [3.8, 4) is 11.5 Å². The van der Waals surface area contributed by atoms with Gasteiger partial charge in [-0.05, 0) is 81.3 Å². The summed E-state index contributed by atoms with van der Waals surface area (Å²) in [7, 11) is 0. The van der Waals surface area contributed by atoms with Crippen molar-refractivity contribution in [1.82, 2.24) is 0 Å². The molecule has 2 fully saturated rings. The lowest BCUT2D eigenvalue weighted by molar-refractivity contribution is 0.120. The van der Waals surface area contributed by atoms with Crippen molar-refractivity contribution in [2.24, 2.45) is 23.7 Å². The first-order chi connectivity index (χ1) is 15.1. The van der Waals surface area contributed by atoms with E-state index in [0.29, 0.717) is 12.5 Å². The summed E-state index contributed by atoms with van der Waals surface area (Å²) in [6.45, 7) is 4.49. The number of unbranched alkanes of at least 4 members (excludes halogenated alkanes) is 2. The molecule has 0 atom stereocenters. The highest BCUT2D eigenvalue weighted by Crippen LogP contribution is 2.42. The first kappa shape index (κ1) is 24.1. The number of allylic oxidation sites excluding steroid dienone is 1. The van der Waals surface area contributed by atoms with Crippen LogP contribution in [0.4, 0.5) is 8.78 Å². The fourth-order valence-corrected chi connectivity index (χ4v) is 5.52. The molecule has 31 heavy (non-hydrogen) atoms. The first-order valence-corrected chi connectivity index (χ1v) is 12.5. The lowest BCUT2D eigenvalue weighted by Crippen LogP contribution is -2.27. The van der Waals surface area contributed by atoms with Crippen LogP contribution < -0.4 is 9.47 Å². The molecule has 0 spiro atoms. The summed E-state index contributed by atoms with van der Waals surface area (Å²) in [6, 6.07) is 2.88. The molecule has 4 heteroatoms. The summed E-state index contributed by atoms with van der Waals surface area (Å²) in [5, 5.41) is 0. The van der Waals surface area contributed by atoms with Crippen LogP contribution in [-0.4, -0.2) is 6.61 Å². The maximum atomic E-state index is 14.3. The largest absolute Gasteiger partial charge is 0.490 e. The Morgan fingerprint density at radius 2 is 1.42 bits per heavy atom. The van der Waals surface area contributed by atoms with Gasteiger partial charge in [-0.15, -0.1) is 0 Å². The Kier molecular flexibility index (Phi) is 9.67. The van der Waals surface area contributed by atoms with E-state index in [1.54, 1.807) is 13.0 Å². The van der Waals surface area contributed by atoms with Gasteiger partial charge in [0.2, 0.25) is 11.6 Å². The molecule has 2 aliphatic rings. The van der Waals surface area contributed by atoms with Gasteiger partial charge in [-0.3, -0.25) is 0 Å². The van der Waals surface area contributed by atoms with Crippen LogP contribution in [0.5, 0.6) is 11.5 Å². The van der Waals surface area contributed by atoms with Crippen molar-refractivity contribution in [2.45, 2.75) is 90.9 Å². The second kappa shape index (κ2) is 12.5. The number of rotatable bonds is 10. The molecule has 174 valence electrons. The summed E-state index contributed by atoms with van der Waals surface area (Å²) in [4.78, 5) is 0. The average Bonchev–Trinajstić information content (AvgIpc) is 2.80. The van der Waals surface area contributed by atoms with Crippen LogP contribution in [0, 0.1) is 35.3 Å². The molecule has 0 saturated heterocycles. The second-order valence-electron chi connectivity index (χ2n) is 9.65. The summed E-state index contributed by atoms with van der Waals surface area (Å²) in [5.41, 5.74) is 0. The molecule has 0 aliphatic heterocycles. The van der Waals surface area contributed by atoms with E-state index in [9.17, 15) is 8.78 Å². The molecular weight excluding hydrogens is 394 g/mol. The predicted octanol–water partition coefficient (Wildman–Crippen LogP) is 8.45. The van der Waals surface area contributed by atoms with Gasteiger partial charge >= 0.3 is 0 Å². The molecule has 0 unspecified atom stereocenters. The minimum Gasteiger partial charge on any atom is -0.490 e. The van der Waals surface area contributed by atoms with Crippen LogP contribution in [-0.2, 0) is 0 Å². The van der Waals surface area contributed by atoms with Gasteiger partial charge < -0.3 is 9.47 Å². The zero-order valence-electron chi connectivity index (χ0n) is 19.4. The quantitative estimate of drug-likeness (QED) is 0.272. The Morgan fingerprint density at radius 1 is 0.839 bits per heavy atom. The smallest absolute Gasteiger partial charge is 0.205 e. The Labute approximate surface area is 187 Å². The molecule has 2 saturated carbocycles. The summed E-state index contributed by atoms with van der Waals surface area (Å²) < 4.78 is 39.1. The average molecular weight is 435 g/mol. The highest BCUT2D eigenvalue weighted by molar-refractivity contribution is 5.35. The van der Waals surface area contributed by atoms with E-state index < -0.39 is 11.6 Å². The molecule has 0 N–H and O–H groups in total. The maximum Gasteiger partial charge on any atom is 0.205 e. The molecule has 3 rings (SSSR count). The minimum absolute atomic E-state index is 0.0196. The third-order valence-electron chi connectivity index (χ3n) is 7.48. The molecule has 2 nitrogen and oxygen atoms in total. The highest BCUT2D eigenvalue weighted by Gasteiger charge is 2.31. The molecule has 0 radical (unpaired) electrons. The van der Waals surface area contributed by atoms with E-state index in [-0.39, 0.29) is 11.5 Å². The Bertz CT molecular complexity index is 687. The standard InChI is InChI=1S/C27H40F2O2/c1-3-5-6-7-20-8-12-22(13-9-20)23-14-10-21(11-15-23)19-31-25-17-16-24(30-18-4-2)26(28)27(25)29/h4,16-18,20-23H,3,5-15,19H2,1-2H3/b18-4+. The van der Waals surface area contributed by atoms with E-state index in [2.05, 4.69) is 6.92 Å². The van der Waals surface area contributed by atoms with Crippen LogP contribution in [0.1, 0.15) is 90.9 Å². The van der Waals surface area contributed by atoms with Crippen LogP contribution >= 0.6 is 0 Å². The zero-order chi connectivity index (χ0) is 22.1. The topological polar surface area (TPSA) is 18.5 Å². The highest BCUT2D eigenvalue weighted by atomic mass is 19.2. The molecule has 0 heterocycles. The summed E-state index contributed by atoms with van der Waals surface area (Å²) in [6.07, 6.45) is 19.0. The first-order valence-electron chi connectivity index (χ1n) is 12.5. The van der Waals surface area contributed by atoms with Gasteiger partial charge in [0.1, 0.15) is 0 Å². The molecule has 0 aromatic heterocycles. The number of ether oxygens (including phenoxy) is 2. The predicted molar refractivity (Wildman–Crippen MR) is 122 cm³/mol. The van der Waals surface area contributed by atoms with E-state index in [4.69, 9.17) is 9.47 Å². The van der Waals surface area contributed by atoms with Crippen molar-refractivity contribution in [3.63, 3.8) is 0 Å². The van der Waals surface area contributed by atoms with Crippen molar-refractivity contribution in [1.29, 1.82) is 0 Å². The zero-order valence-corrected chi connectivity index (χ0v) is 19.4. The number of hydrogen-bond donors (Lipinski definition) is 0. The van der Waals surface area contributed by atoms with Crippen molar-refractivity contribution in [3.05, 3.63) is 36.1 Å². The van der Waals surface area contributed by atoms with Gasteiger partial charge in [0.25, 0.3) is 0 Å². The number of halogens is 2. The summed E-state index contributed by atoms with van der Waals surface area (Å²) >= 11 is 0. The van der Waals surface area contributed by atoms with Crippen molar-refractivity contribution >= 4 is 0 Å². The van der Waals surface area contributed by atoms with Crippen LogP contribution in [0.2, 0.25) is 0 Å². The van der Waals surface area contributed by atoms with Gasteiger partial charge in [0.05, 0.1) is 12.9 Å². The lowest BCUT2D eigenvalue weighted by atomic mass is 9.69. The summed E-state index contributed by atoms with van der Waals surface area (Å²) in [5.74, 6) is 1.06. The SMILES string of the molecule is C/C=C/Oc1ccc(OCC2CCC(C3CCC(CCCCC)CC3)CC2)c(F)c1F. The van der Waals surface area contributed by atoms with E-state index in [1.165, 1.54) is 82.6 Å². The third kappa shape index (κ3) is 6.95. The van der Waals surface area contributed by atoms with E-state index in [1.807, 2.05) is 0 Å². The molecule has 2 aliphatic carbocycles. The third-order valence-corrected chi connectivity index (χ3v) is 7.48. The fraction of sp³-hybridized carbons (Fsp3) is 0.704. The Morgan fingerprint density at radius 3 is 2.03 bits per heavy atom. The second-order valence-corrected chi connectivity index (χ2v) is 9.65. The molecular formula is C27H40F2O2. The van der Waals surface area contributed by atoms with Crippen molar-refractivity contribution < 1.29 is 18.3 Å². The molecule has 0 bridgehead atoms. The molecule has 0 amide bonds. The minimum atomic E-state index is -0.996. The van der Waals surface area contributed by atoms with Gasteiger partial charge in [-0.1, -0.05) is 51.5 Å². The van der Waals surface area contributed by atoms with Gasteiger partial charge in [0.15, 0.2) is 11.5 Å². The number of hydrogen-bond acceptors (Lipinski definition) is 2. The molecule has 1 aromatic rings. The lowest BCUT2D eigenvalue weighted by Gasteiger charge is -2.38. The van der Waals surface area contributed by atoms with Crippen LogP contribution in [0.3, 0.4) is 0 Å². The monoisotopic (exact) mass is 434 g/mol. The Hall–Kier alpha value is -1.58. The van der Waals surface area contributed by atoms with E-state index >= 15 is 0 Å². The van der Waals surface area contributed by atoms with Crippen molar-refractivity contribution in [2.75, 3.05) is 6.61 Å². The van der Waals surface area contributed by atoms with Gasteiger partial charge in [0, 0.05) is 0 Å². The maximum absolute atomic E-state index is 14.3. The fourth-order valence-electron chi connectivity index (χ4n) is 5.52. The molecule has 1 aromatic carbocycles. The van der Waals surface area contributed by atoms with Gasteiger partial charge in [-0.25, -0.2) is 0 Å². The van der Waals surface area contributed by atoms with Crippen LogP contribution in [0.15, 0.2) is 24.5 Å². The van der Waals surface area contributed by atoms with Gasteiger partial charge in [-0.2, -0.15) is 8.78 Å². The van der Waals surface area contributed by atoms with E-state index in [0.717, 1.165) is 30.6 Å². The van der Waals surface area contributed by atoms with Crippen LogP contribution in [0.25, 0.3) is 0 Å².